The summed E-state index contributed by atoms with van der Waals surface area (Å²) in [6.07, 6.45) is 7.63. The van der Waals surface area contributed by atoms with E-state index in [2.05, 4.69) is 6.07 Å². The van der Waals surface area contributed by atoms with Crippen LogP contribution in [0.2, 0.25) is 0 Å². The minimum absolute atomic E-state index is 0.0386. The van der Waals surface area contributed by atoms with Gasteiger partial charge in [-0.25, -0.2) is 0 Å². The molecule has 2 aliphatic carbocycles. The molecule has 0 spiro atoms. The van der Waals surface area contributed by atoms with Gasteiger partial charge in [0.2, 0.25) is 0 Å². The molecular formula is C24H28O4. The molecule has 0 amide bonds. The molecule has 2 aromatic rings. The summed E-state index contributed by atoms with van der Waals surface area (Å²) in [6.45, 7) is 0.550. The number of hydrogen-bond donors (Lipinski definition) is 1. The molecule has 2 saturated carbocycles. The fourth-order valence-electron chi connectivity index (χ4n) is 4.99. The van der Waals surface area contributed by atoms with Gasteiger partial charge >= 0.3 is 5.97 Å². The number of carbonyl (C=O) groups is 1. The van der Waals surface area contributed by atoms with Gasteiger partial charge in [-0.15, -0.1) is 0 Å². The highest BCUT2D eigenvalue weighted by Gasteiger charge is 2.54. The van der Waals surface area contributed by atoms with Gasteiger partial charge in [-0.2, -0.15) is 0 Å². The van der Waals surface area contributed by atoms with Gasteiger partial charge in [0.05, 0.1) is 12.2 Å². The third kappa shape index (κ3) is 4.22. The molecule has 0 heterocycles. The maximum Gasteiger partial charge on any atom is 0.303 e. The lowest BCUT2D eigenvalue weighted by molar-refractivity contribution is -0.137. The fourth-order valence-corrected chi connectivity index (χ4v) is 4.99. The van der Waals surface area contributed by atoms with Crippen LogP contribution in [0.15, 0.2) is 54.6 Å². The zero-order chi connectivity index (χ0) is 19.5. The number of hydrogen-bond acceptors (Lipinski definition) is 3. The van der Waals surface area contributed by atoms with E-state index < -0.39 is 5.97 Å². The molecule has 2 bridgehead atoms. The Morgan fingerprint density at radius 2 is 1.68 bits per heavy atom. The van der Waals surface area contributed by atoms with E-state index in [9.17, 15) is 4.79 Å². The van der Waals surface area contributed by atoms with Crippen LogP contribution in [0.25, 0.3) is 0 Å². The molecule has 4 nitrogen and oxygen atoms in total. The zero-order valence-electron chi connectivity index (χ0n) is 16.2. The van der Waals surface area contributed by atoms with Crippen LogP contribution in [-0.4, -0.2) is 16.7 Å². The second kappa shape index (κ2) is 7.96. The Morgan fingerprint density at radius 3 is 2.43 bits per heavy atom. The Bertz CT molecular complexity index is 806. The first kappa shape index (κ1) is 19.0. The summed E-state index contributed by atoms with van der Waals surface area (Å²) in [5, 5.41) is 8.91. The van der Waals surface area contributed by atoms with Crippen molar-refractivity contribution >= 4 is 5.97 Å². The van der Waals surface area contributed by atoms with Crippen molar-refractivity contribution in [3.05, 3.63) is 60.2 Å². The molecule has 4 rings (SSSR count). The van der Waals surface area contributed by atoms with E-state index in [0.717, 1.165) is 62.0 Å². The van der Waals surface area contributed by atoms with E-state index in [0.29, 0.717) is 12.0 Å². The molecule has 28 heavy (non-hydrogen) atoms. The predicted octanol–water partition coefficient (Wildman–Crippen LogP) is 5.95. The Balaban J connectivity index is 1.37. The standard InChI is InChI=1S/C24H28O4/c25-22(26)11-6-12-23-13-15-24(18-23,16-14-23)27-17-19-7-4-5-10-21(19)28-20-8-2-1-3-9-20/h1-5,7-10H,6,11-18H2,(H,25,26). The molecule has 2 aromatic carbocycles. The quantitative estimate of drug-likeness (QED) is 0.584. The summed E-state index contributed by atoms with van der Waals surface area (Å²) in [7, 11) is 0. The summed E-state index contributed by atoms with van der Waals surface area (Å²) in [5.41, 5.74) is 1.33. The van der Waals surface area contributed by atoms with Gasteiger partial charge in [0.25, 0.3) is 0 Å². The summed E-state index contributed by atoms with van der Waals surface area (Å²) in [4.78, 5) is 10.8. The van der Waals surface area contributed by atoms with Crippen LogP contribution < -0.4 is 4.74 Å². The van der Waals surface area contributed by atoms with Crippen LogP contribution in [0.1, 0.15) is 56.9 Å². The van der Waals surface area contributed by atoms with Crippen molar-refractivity contribution in [3.63, 3.8) is 0 Å². The van der Waals surface area contributed by atoms with Gasteiger partial charge < -0.3 is 14.6 Å². The second-order valence-electron chi connectivity index (χ2n) is 8.42. The third-order valence-corrected chi connectivity index (χ3v) is 6.49. The Hall–Kier alpha value is -2.33. The number of aliphatic carboxylic acids is 1. The molecule has 0 aromatic heterocycles. The third-order valence-electron chi connectivity index (χ3n) is 6.49. The van der Waals surface area contributed by atoms with Crippen LogP contribution in [-0.2, 0) is 16.1 Å². The van der Waals surface area contributed by atoms with E-state index >= 15 is 0 Å². The van der Waals surface area contributed by atoms with E-state index in [1.807, 2.05) is 48.5 Å². The van der Waals surface area contributed by atoms with Gasteiger partial charge in [0.15, 0.2) is 0 Å². The Kier molecular flexibility index (Phi) is 5.40. The minimum Gasteiger partial charge on any atom is -0.481 e. The van der Waals surface area contributed by atoms with Crippen molar-refractivity contribution in [2.24, 2.45) is 5.41 Å². The first-order valence-corrected chi connectivity index (χ1v) is 10.2. The van der Waals surface area contributed by atoms with Crippen LogP contribution in [0.3, 0.4) is 0 Å². The number of ether oxygens (including phenoxy) is 2. The summed E-state index contributed by atoms with van der Waals surface area (Å²) in [6, 6.07) is 17.9. The molecule has 0 unspecified atom stereocenters. The van der Waals surface area contributed by atoms with Crippen LogP contribution >= 0.6 is 0 Å². The molecule has 2 fully saturated rings. The van der Waals surface area contributed by atoms with Crippen molar-refractivity contribution < 1.29 is 19.4 Å². The van der Waals surface area contributed by atoms with Gasteiger partial charge in [-0.05, 0) is 68.6 Å². The first-order chi connectivity index (χ1) is 13.6. The zero-order valence-corrected chi connectivity index (χ0v) is 16.2. The fraction of sp³-hybridized carbons (Fsp3) is 0.458. The second-order valence-corrected chi connectivity index (χ2v) is 8.42. The largest absolute Gasteiger partial charge is 0.481 e. The molecule has 2 aliphatic rings. The highest BCUT2D eigenvalue weighted by atomic mass is 16.5. The van der Waals surface area contributed by atoms with Crippen molar-refractivity contribution in [3.8, 4) is 11.5 Å². The maximum absolute atomic E-state index is 10.8. The molecule has 4 heteroatoms. The number of para-hydroxylation sites is 2. The maximum atomic E-state index is 10.8. The first-order valence-electron chi connectivity index (χ1n) is 10.2. The van der Waals surface area contributed by atoms with Crippen LogP contribution in [0, 0.1) is 5.41 Å². The number of rotatable bonds is 9. The van der Waals surface area contributed by atoms with Crippen molar-refractivity contribution in [2.75, 3.05) is 0 Å². The van der Waals surface area contributed by atoms with Crippen LogP contribution in [0.5, 0.6) is 11.5 Å². The van der Waals surface area contributed by atoms with Gasteiger partial charge in [0.1, 0.15) is 11.5 Å². The topological polar surface area (TPSA) is 55.8 Å². The lowest BCUT2D eigenvalue weighted by Gasteiger charge is -2.28. The minimum atomic E-state index is -0.690. The van der Waals surface area contributed by atoms with E-state index in [4.69, 9.17) is 14.6 Å². The molecule has 0 atom stereocenters. The average Bonchev–Trinajstić information content (AvgIpc) is 3.24. The molecule has 1 N–H and O–H groups in total. The average molecular weight is 380 g/mol. The van der Waals surface area contributed by atoms with Crippen LogP contribution in [0.4, 0.5) is 0 Å². The Morgan fingerprint density at radius 1 is 0.964 bits per heavy atom. The lowest BCUT2D eigenvalue weighted by Crippen LogP contribution is -2.26. The smallest absolute Gasteiger partial charge is 0.303 e. The summed E-state index contributed by atoms with van der Waals surface area (Å²) < 4.78 is 12.6. The highest BCUT2D eigenvalue weighted by Crippen LogP contribution is 2.60. The molecule has 0 radical (unpaired) electrons. The molecule has 0 aliphatic heterocycles. The number of benzene rings is 2. The molecule has 0 saturated heterocycles. The van der Waals surface area contributed by atoms with Crippen molar-refractivity contribution in [1.82, 2.24) is 0 Å². The molecular weight excluding hydrogens is 352 g/mol. The lowest BCUT2D eigenvalue weighted by atomic mass is 9.80. The van der Waals surface area contributed by atoms with Gasteiger partial charge in [-0.3, -0.25) is 4.79 Å². The monoisotopic (exact) mass is 380 g/mol. The van der Waals surface area contributed by atoms with E-state index in [1.165, 1.54) is 0 Å². The van der Waals surface area contributed by atoms with E-state index in [1.54, 1.807) is 0 Å². The SMILES string of the molecule is O=C(O)CCCC12CCC(OCc3ccccc3Oc3ccccc3)(CC1)C2. The number of carboxylic acids is 1. The highest BCUT2D eigenvalue weighted by molar-refractivity contribution is 5.66. The van der Waals surface area contributed by atoms with Gasteiger partial charge in [0, 0.05) is 12.0 Å². The predicted molar refractivity (Wildman–Crippen MR) is 107 cm³/mol. The van der Waals surface area contributed by atoms with Crippen molar-refractivity contribution in [1.29, 1.82) is 0 Å². The summed E-state index contributed by atoms with van der Waals surface area (Å²) in [5.74, 6) is 0.978. The van der Waals surface area contributed by atoms with E-state index in [-0.39, 0.29) is 12.0 Å². The van der Waals surface area contributed by atoms with Gasteiger partial charge in [-0.1, -0.05) is 36.4 Å². The van der Waals surface area contributed by atoms with Crippen molar-refractivity contribution in [2.45, 2.75) is 63.6 Å². The number of carboxylic acid groups (broad SMARTS) is 1. The number of fused-ring (bicyclic) bond motifs is 2. The Labute approximate surface area is 166 Å². The molecule has 148 valence electrons. The normalized spacial score (nSPS) is 25.7. The summed E-state index contributed by atoms with van der Waals surface area (Å²) >= 11 is 0.